The molecule has 0 aromatic carbocycles. The molecule has 1 amide bonds. The van der Waals surface area contributed by atoms with E-state index >= 15 is 0 Å². The van der Waals surface area contributed by atoms with Crippen molar-refractivity contribution in [2.24, 2.45) is 5.41 Å². The standard InChI is InChI=1S/C11H22N2O/c1-5-11(6-7-12-8-11)10(14)13(4)9(2)3/h9,12H,5-8H2,1-4H3. The predicted molar refractivity (Wildman–Crippen MR) is 58.1 cm³/mol. The van der Waals surface area contributed by atoms with E-state index in [2.05, 4.69) is 26.1 Å². The molecule has 0 bridgehead atoms. The van der Waals surface area contributed by atoms with Gasteiger partial charge in [-0.2, -0.15) is 0 Å². The van der Waals surface area contributed by atoms with Gasteiger partial charge in [-0.1, -0.05) is 6.92 Å². The van der Waals surface area contributed by atoms with Crippen LogP contribution in [0.3, 0.4) is 0 Å². The van der Waals surface area contributed by atoms with E-state index in [0.29, 0.717) is 11.9 Å². The molecule has 1 N–H and O–H groups in total. The van der Waals surface area contributed by atoms with Gasteiger partial charge in [0.15, 0.2) is 0 Å². The van der Waals surface area contributed by atoms with Crippen LogP contribution in [0.15, 0.2) is 0 Å². The summed E-state index contributed by atoms with van der Waals surface area (Å²) >= 11 is 0. The van der Waals surface area contributed by atoms with Crippen LogP contribution in [0.2, 0.25) is 0 Å². The van der Waals surface area contributed by atoms with Crippen molar-refractivity contribution in [3.8, 4) is 0 Å². The second-order valence-corrected chi connectivity index (χ2v) is 4.57. The monoisotopic (exact) mass is 198 g/mol. The number of nitrogens with zero attached hydrogens (tertiary/aromatic N) is 1. The lowest BCUT2D eigenvalue weighted by Gasteiger charge is -2.33. The van der Waals surface area contributed by atoms with Crippen LogP contribution in [0.1, 0.15) is 33.6 Å². The Hall–Kier alpha value is -0.570. The second kappa shape index (κ2) is 4.30. The topological polar surface area (TPSA) is 32.3 Å². The fourth-order valence-corrected chi connectivity index (χ4v) is 1.99. The number of hydrogen-bond donors (Lipinski definition) is 1. The Balaban J connectivity index is 2.74. The number of nitrogens with one attached hydrogen (secondary N) is 1. The first kappa shape index (κ1) is 11.5. The maximum absolute atomic E-state index is 12.2. The van der Waals surface area contributed by atoms with Gasteiger partial charge in [0, 0.05) is 19.6 Å². The van der Waals surface area contributed by atoms with Gasteiger partial charge in [-0.3, -0.25) is 4.79 Å². The van der Waals surface area contributed by atoms with Gasteiger partial charge in [-0.25, -0.2) is 0 Å². The molecule has 1 aliphatic rings. The van der Waals surface area contributed by atoms with Crippen molar-refractivity contribution in [1.82, 2.24) is 10.2 Å². The Labute approximate surface area is 86.9 Å². The van der Waals surface area contributed by atoms with E-state index in [9.17, 15) is 4.79 Å². The van der Waals surface area contributed by atoms with Gasteiger partial charge in [-0.15, -0.1) is 0 Å². The van der Waals surface area contributed by atoms with Crippen molar-refractivity contribution in [3.63, 3.8) is 0 Å². The molecular weight excluding hydrogens is 176 g/mol. The van der Waals surface area contributed by atoms with E-state index in [0.717, 1.165) is 25.9 Å². The zero-order valence-corrected chi connectivity index (χ0v) is 9.76. The van der Waals surface area contributed by atoms with E-state index < -0.39 is 0 Å². The first-order valence-corrected chi connectivity index (χ1v) is 5.51. The third kappa shape index (κ3) is 1.92. The number of amides is 1. The summed E-state index contributed by atoms with van der Waals surface area (Å²) in [6.07, 6.45) is 1.93. The van der Waals surface area contributed by atoms with Crippen molar-refractivity contribution in [2.75, 3.05) is 20.1 Å². The first-order chi connectivity index (χ1) is 6.53. The minimum absolute atomic E-state index is 0.126. The van der Waals surface area contributed by atoms with Crippen LogP contribution in [0, 0.1) is 5.41 Å². The summed E-state index contributed by atoms with van der Waals surface area (Å²) in [5.41, 5.74) is -0.126. The van der Waals surface area contributed by atoms with E-state index in [1.54, 1.807) is 0 Å². The number of carbonyl (C=O) groups excluding carboxylic acids is 1. The normalized spacial score (nSPS) is 26.9. The molecule has 0 radical (unpaired) electrons. The van der Waals surface area contributed by atoms with Crippen LogP contribution >= 0.6 is 0 Å². The van der Waals surface area contributed by atoms with E-state index in [-0.39, 0.29) is 5.41 Å². The largest absolute Gasteiger partial charge is 0.343 e. The summed E-state index contributed by atoms with van der Waals surface area (Å²) in [5, 5.41) is 3.29. The molecule has 3 heteroatoms. The van der Waals surface area contributed by atoms with Crippen LogP contribution in [-0.4, -0.2) is 37.0 Å². The third-order valence-corrected chi connectivity index (χ3v) is 3.47. The molecule has 1 fully saturated rings. The number of hydrogen-bond acceptors (Lipinski definition) is 2. The number of rotatable bonds is 3. The Morgan fingerprint density at radius 3 is 2.57 bits per heavy atom. The molecule has 1 saturated heterocycles. The van der Waals surface area contributed by atoms with Gasteiger partial charge in [0.05, 0.1) is 5.41 Å². The average Bonchev–Trinajstić information content (AvgIpc) is 2.64. The van der Waals surface area contributed by atoms with Crippen LogP contribution < -0.4 is 5.32 Å². The SMILES string of the molecule is CCC1(C(=O)N(C)C(C)C)CCNC1. The smallest absolute Gasteiger partial charge is 0.230 e. The van der Waals surface area contributed by atoms with Gasteiger partial charge in [0.2, 0.25) is 5.91 Å². The lowest BCUT2D eigenvalue weighted by Crippen LogP contribution is -2.45. The van der Waals surface area contributed by atoms with Crippen LogP contribution in [-0.2, 0) is 4.79 Å². The molecule has 1 aliphatic heterocycles. The van der Waals surface area contributed by atoms with Crippen molar-refractivity contribution in [1.29, 1.82) is 0 Å². The van der Waals surface area contributed by atoms with E-state index in [1.165, 1.54) is 0 Å². The van der Waals surface area contributed by atoms with Gasteiger partial charge in [0.1, 0.15) is 0 Å². The first-order valence-electron chi connectivity index (χ1n) is 5.51. The lowest BCUT2D eigenvalue weighted by atomic mass is 9.82. The Kier molecular flexibility index (Phi) is 3.53. The molecule has 14 heavy (non-hydrogen) atoms. The van der Waals surface area contributed by atoms with Gasteiger partial charge >= 0.3 is 0 Å². The quantitative estimate of drug-likeness (QED) is 0.740. The fourth-order valence-electron chi connectivity index (χ4n) is 1.99. The Morgan fingerprint density at radius 1 is 1.57 bits per heavy atom. The minimum atomic E-state index is -0.126. The molecule has 1 rings (SSSR count). The van der Waals surface area contributed by atoms with E-state index in [1.807, 2.05) is 11.9 Å². The third-order valence-electron chi connectivity index (χ3n) is 3.47. The second-order valence-electron chi connectivity index (χ2n) is 4.57. The molecule has 1 unspecified atom stereocenters. The minimum Gasteiger partial charge on any atom is -0.343 e. The summed E-state index contributed by atoms with van der Waals surface area (Å²) in [6, 6.07) is 0.298. The Morgan fingerprint density at radius 2 is 2.21 bits per heavy atom. The highest BCUT2D eigenvalue weighted by Crippen LogP contribution is 2.31. The van der Waals surface area contributed by atoms with Gasteiger partial charge < -0.3 is 10.2 Å². The molecule has 1 heterocycles. The average molecular weight is 198 g/mol. The zero-order valence-electron chi connectivity index (χ0n) is 9.76. The lowest BCUT2D eigenvalue weighted by molar-refractivity contribution is -0.141. The van der Waals surface area contributed by atoms with Crippen molar-refractivity contribution < 1.29 is 4.79 Å². The van der Waals surface area contributed by atoms with Crippen LogP contribution in [0.25, 0.3) is 0 Å². The van der Waals surface area contributed by atoms with Crippen molar-refractivity contribution in [3.05, 3.63) is 0 Å². The van der Waals surface area contributed by atoms with Crippen LogP contribution in [0.5, 0.6) is 0 Å². The summed E-state index contributed by atoms with van der Waals surface area (Å²) < 4.78 is 0. The highest BCUT2D eigenvalue weighted by molar-refractivity contribution is 5.83. The highest BCUT2D eigenvalue weighted by atomic mass is 16.2. The van der Waals surface area contributed by atoms with Crippen LogP contribution in [0.4, 0.5) is 0 Å². The molecule has 3 nitrogen and oxygen atoms in total. The Bertz CT molecular complexity index is 207. The van der Waals surface area contributed by atoms with Gasteiger partial charge in [-0.05, 0) is 33.2 Å². The summed E-state index contributed by atoms with van der Waals surface area (Å²) in [6.45, 7) is 8.05. The molecule has 0 saturated carbocycles. The predicted octanol–water partition coefficient (Wildman–Crippen LogP) is 1.24. The maximum Gasteiger partial charge on any atom is 0.230 e. The van der Waals surface area contributed by atoms with E-state index in [4.69, 9.17) is 0 Å². The molecule has 0 aromatic heterocycles. The molecule has 0 aliphatic carbocycles. The molecular formula is C11H22N2O. The molecule has 82 valence electrons. The summed E-state index contributed by atoms with van der Waals surface area (Å²) in [7, 11) is 1.91. The summed E-state index contributed by atoms with van der Waals surface area (Å²) in [5.74, 6) is 0.306. The number of carbonyl (C=O) groups is 1. The zero-order chi connectivity index (χ0) is 10.8. The maximum atomic E-state index is 12.2. The fraction of sp³-hybridized carbons (Fsp3) is 0.909. The molecule has 1 atom stereocenters. The van der Waals surface area contributed by atoms with Gasteiger partial charge in [0.25, 0.3) is 0 Å². The van der Waals surface area contributed by atoms with Crippen molar-refractivity contribution in [2.45, 2.75) is 39.7 Å². The molecule has 0 aromatic rings. The van der Waals surface area contributed by atoms with Crippen molar-refractivity contribution >= 4 is 5.91 Å². The molecule has 0 spiro atoms. The highest BCUT2D eigenvalue weighted by Gasteiger charge is 2.41. The summed E-state index contributed by atoms with van der Waals surface area (Å²) in [4.78, 5) is 14.1.